The van der Waals surface area contributed by atoms with Gasteiger partial charge in [0.1, 0.15) is 17.4 Å². The van der Waals surface area contributed by atoms with Crippen LogP contribution in [0.25, 0.3) is 22.1 Å². The van der Waals surface area contributed by atoms with E-state index in [1.165, 1.54) is 6.33 Å². The Labute approximate surface area is 127 Å². The van der Waals surface area contributed by atoms with E-state index in [4.69, 9.17) is 9.52 Å². The molecule has 114 valence electrons. The van der Waals surface area contributed by atoms with Crippen LogP contribution in [0.1, 0.15) is 26.7 Å². The largest absolute Gasteiger partial charge is 0.481 e. The Balaban J connectivity index is 1.99. The zero-order valence-corrected chi connectivity index (χ0v) is 12.5. The summed E-state index contributed by atoms with van der Waals surface area (Å²) < 4.78 is 5.85. The van der Waals surface area contributed by atoms with E-state index >= 15 is 0 Å². The molecule has 6 heteroatoms. The molecule has 1 aromatic carbocycles. The van der Waals surface area contributed by atoms with Gasteiger partial charge in [0.2, 0.25) is 0 Å². The molecule has 2 heterocycles. The fourth-order valence-corrected chi connectivity index (χ4v) is 2.42. The van der Waals surface area contributed by atoms with Crippen molar-refractivity contribution in [3.63, 3.8) is 0 Å². The molecule has 0 unspecified atom stereocenters. The summed E-state index contributed by atoms with van der Waals surface area (Å²) in [6, 6.07) is 7.68. The van der Waals surface area contributed by atoms with Gasteiger partial charge in [0.15, 0.2) is 11.4 Å². The number of benzene rings is 1. The van der Waals surface area contributed by atoms with Crippen LogP contribution in [0.15, 0.2) is 35.0 Å². The number of nitrogens with one attached hydrogen (secondary N) is 1. The highest BCUT2D eigenvalue weighted by molar-refractivity contribution is 6.05. The van der Waals surface area contributed by atoms with Gasteiger partial charge >= 0.3 is 5.97 Å². The third-order valence-electron chi connectivity index (χ3n) is 3.58. The number of anilines is 1. The van der Waals surface area contributed by atoms with Crippen LogP contribution in [0.3, 0.4) is 0 Å². The molecular weight excluding hydrogens is 282 g/mol. The number of hydrogen-bond donors (Lipinski definition) is 2. The van der Waals surface area contributed by atoms with Gasteiger partial charge in [-0.05, 0) is 32.4 Å². The van der Waals surface area contributed by atoms with Crippen LogP contribution in [0.5, 0.6) is 0 Å². The van der Waals surface area contributed by atoms with Gasteiger partial charge in [-0.1, -0.05) is 12.1 Å². The Morgan fingerprint density at radius 1 is 1.32 bits per heavy atom. The molecule has 2 N–H and O–H groups in total. The second kappa shape index (κ2) is 5.29. The van der Waals surface area contributed by atoms with Crippen molar-refractivity contribution in [1.29, 1.82) is 0 Å². The number of carbonyl (C=O) groups is 1. The summed E-state index contributed by atoms with van der Waals surface area (Å²) in [4.78, 5) is 19.3. The Hall–Kier alpha value is -2.63. The van der Waals surface area contributed by atoms with Gasteiger partial charge in [-0.3, -0.25) is 4.79 Å². The fraction of sp³-hybridized carbons (Fsp3) is 0.312. The zero-order valence-electron chi connectivity index (χ0n) is 12.5. The lowest BCUT2D eigenvalue weighted by Gasteiger charge is -2.26. The standard InChI is InChI=1S/C16H17N3O3/c1-16(2,8-7-12(20)21)19-15-14-13(17-9-18-15)10-5-3-4-6-11(10)22-14/h3-6,9H,7-8H2,1-2H3,(H,20,21)(H,17,18,19). The van der Waals surface area contributed by atoms with Gasteiger partial charge in [-0.25, -0.2) is 9.97 Å². The maximum absolute atomic E-state index is 10.8. The minimum Gasteiger partial charge on any atom is -0.481 e. The summed E-state index contributed by atoms with van der Waals surface area (Å²) in [5, 5.41) is 13.0. The second-order valence-corrected chi connectivity index (χ2v) is 5.90. The summed E-state index contributed by atoms with van der Waals surface area (Å²) in [5.74, 6) is -0.233. The highest BCUT2D eigenvalue weighted by Gasteiger charge is 2.22. The number of fused-ring (bicyclic) bond motifs is 3. The highest BCUT2D eigenvalue weighted by Crippen LogP contribution is 2.31. The molecule has 0 amide bonds. The van der Waals surface area contributed by atoms with Crippen LogP contribution >= 0.6 is 0 Å². The minimum absolute atomic E-state index is 0.0916. The Morgan fingerprint density at radius 3 is 2.86 bits per heavy atom. The van der Waals surface area contributed by atoms with Crippen molar-refractivity contribution in [1.82, 2.24) is 9.97 Å². The van der Waals surface area contributed by atoms with Crippen molar-refractivity contribution < 1.29 is 14.3 Å². The van der Waals surface area contributed by atoms with E-state index in [1.807, 2.05) is 38.1 Å². The Morgan fingerprint density at radius 2 is 2.09 bits per heavy atom. The average molecular weight is 299 g/mol. The molecule has 2 aromatic heterocycles. The third kappa shape index (κ3) is 2.72. The molecular formula is C16H17N3O3. The van der Waals surface area contributed by atoms with Gasteiger partial charge in [0.05, 0.1) is 0 Å². The van der Waals surface area contributed by atoms with Crippen LogP contribution in [0.4, 0.5) is 5.82 Å². The number of para-hydroxylation sites is 1. The fourth-order valence-electron chi connectivity index (χ4n) is 2.42. The lowest BCUT2D eigenvalue weighted by atomic mass is 9.98. The normalized spacial score (nSPS) is 11.9. The molecule has 0 atom stereocenters. The van der Waals surface area contributed by atoms with Crippen molar-refractivity contribution in [3.8, 4) is 0 Å². The molecule has 22 heavy (non-hydrogen) atoms. The van der Waals surface area contributed by atoms with Gasteiger partial charge in [0.25, 0.3) is 0 Å². The van der Waals surface area contributed by atoms with E-state index in [2.05, 4.69) is 15.3 Å². The monoisotopic (exact) mass is 299 g/mol. The van der Waals surface area contributed by atoms with E-state index < -0.39 is 11.5 Å². The molecule has 0 aliphatic heterocycles. The first-order valence-corrected chi connectivity index (χ1v) is 7.08. The topological polar surface area (TPSA) is 88.2 Å². The SMILES string of the molecule is CC(C)(CCC(=O)O)Nc1ncnc2c1oc1ccccc12. The second-order valence-electron chi connectivity index (χ2n) is 5.90. The van der Waals surface area contributed by atoms with Crippen LogP contribution in [-0.4, -0.2) is 26.6 Å². The number of aliphatic carboxylic acids is 1. The van der Waals surface area contributed by atoms with E-state index in [1.54, 1.807) is 0 Å². The highest BCUT2D eigenvalue weighted by atomic mass is 16.4. The first-order chi connectivity index (χ1) is 10.5. The number of carboxylic acids is 1. The molecule has 0 aliphatic rings. The molecule has 6 nitrogen and oxygen atoms in total. The lowest BCUT2D eigenvalue weighted by Crippen LogP contribution is -2.32. The number of nitrogens with zero attached hydrogens (tertiary/aromatic N) is 2. The Kier molecular flexibility index (Phi) is 3.44. The summed E-state index contributed by atoms with van der Waals surface area (Å²) in [6.07, 6.45) is 2.06. The molecule has 3 rings (SSSR count). The molecule has 0 fully saturated rings. The van der Waals surface area contributed by atoms with Crippen LogP contribution in [0, 0.1) is 0 Å². The predicted molar refractivity (Wildman–Crippen MR) is 83.9 cm³/mol. The maximum atomic E-state index is 10.8. The number of furan rings is 1. The predicted octanol–water partition coefficient (Wildman–Crippen LogP) is 3.43. The van der Waals surface area contributed by atoms with Crippen LogP contribution in [-0.2, 0) is 4.79 Å². The zero-order chi connectivity index (χ0) is 15.7. The molecule has 0 bridgehead atoms. The van der Waals surface area contributed by atoms with E-state index in [9.17, 15) is 4.79 Å². The van der Waals surface area contributed by atoms with Gasteiger partial charge in [-0.15, -0.1) is 0 Å². The van der Waals surface area contributed by atoms with Crippen molar-refractivity contribution in [2.45, 2.75) is 32.2 Å². The number of aromatic nitrogens is 2. The lowest BCUT2D eigenvalue weighted by molar-refractivity contribution is -0.137. The number of carboxylic acid groups (broad SMARTS) is 1. The molecule has 0 saturated heterocycles. The number of rotatable bonds is 5. The van der Waals surface area contributed by atoms with Crippen molar-refractivity contribution in [2.75, 3.05) is 5.32 Å². The van der Waals surface area contributed by atoms with Gasteiger partial charge in [-0.2, -0.15) is 0 Å². The first kappa shape index (κ1) is 14.3. The molecule has 0 saturated carbocycles. The number of hydrogen-bond acceptors (Lipinski definition) is 5. The summed E-state index contributed by atoms with van der Waals surface area (Å²) in [5.41, 5.74) is 1.68. The van der Waals surface area contributed by atoms with Crippen molar-refractivity contribution >= 4 is 33.9 Å². The third-order valence-corrected chi connectivity index (χ3v) is 3.58. The van der Waals surface area contributed by atoms with Crippen molar-refractivity contribution in [3.05, 3.63) is 30.6 Å². The Bertz CT molecular complexity index is 839. The van der Waals surface area contributed by atoms with Gasteiger partial charge in [0, 0.05) is 17.3 Å². The van der Waals surface area contributed by atoms with Crippen LogP contribution < -0.4 is 5.32 Å². The molecule has 3 aromatic rings. The summed E-state index contributed by atoms with van der Waals surface area (Å²) in [6.45, 7) is 3.87. The molecule has 0 aliphatic carbocycles. The quantitative estimate of drug-likeness (QED) is 0.750. The van der Waals surface area contributed by atoms with Gasteiger partial charge < -0.3 is 14.8 Å². The van der Waals surface area contributed by atoms with E-state index in [0.29, 0.717) is 17.8 Å². The first-order valence-electron chi connectivity index (χ1n) is 7.08. The summed E-state index contributed by atoms with van der Waals surface area (Å²) >= 11 is 0. The molecule has 0 spiro atoms. The summed E-state index contributed by atoms with van der Waals surface area (Å²) in [7, 11) is 0. The van der Waals surface area contributed by atoms with E-state index in [-0.39, 0.29) is 6.42 Å². The van der Waals surface area contributed by atoms with Crippen LogP contribution in [0.2, 0.25) is 0 Å². The minimum atomic E-state index is -0.813. The molecule has 0 radical (unpaired) electrons. The average Bonchev–Trinajstić information content (AvgIpc) is 2.85. The maximum Gasteiger partial charge on any atom is 0.303 e. The van der Waals surface area contributed by atoms with Crippen molar-refractivity contribution in [2.24, 2.45) is 0 Å². The van der Waals surface area contributed by atoms with E-state index in [0.717, 1.165) is 16.5 Å². The smallest absolute Gasteiger partial charge is 0.303 e.